The molecule has 0 radical (unpaired) electrons. The summed E-state index contributed by atoms with van der Waals surface area (Å²) in [7, 11) is 0. The van der Waals surface area contributed by atoms with E-state index in [1.165, 1.54) is 45.2 Å². The zero-order valence-corrected chi connectivity index (χ0v) is 15.5. The van der Waals surface area contributed by atoms with Gasteiger partial charge in [-0.2, -0.15) is 0 Å². The molecule has 1 N–H and O–H groups in total. The highest BCUT2D eigenvalue weighted by molar-refractivity contribution is 5.85. The largest absolute Gasteiger partial charge is 0.477 e. The van der Waals surface area contributed by atoms with Crippen LogP contribution in [-0.2, 0) is 0 Å². The lowest BCUT2D eigenvalue weighted by Crippen LogP contribution is -2.39. The molecule has 2 aliphatic heterocycles. The van der Waals surface area contributed by atoms with Crippen LogP contribution >= 0.6 is 0 Å². The number of pyridine rings is 1. The van der Waals surface area contributed by atoms with Gasteiger partial charge >= 0.3 is 5.97 Å². The number of piperidine rings is 2. The van der Waals surface area contributed by atoms with Crippen molar-refractivity contribution in [2.24, 2.45) is 11.8 Å². The van der Waals surface area contributed by atoms with E-state index in [1.807, 2.05) is 6.07 Å². The minimum Gasteiger partial charge on any atom is -0.477 e. The molecule has 0 amide bonds. The highest BCUT2D eigenvalue weighted by atomic mass is 16.4. The Morgan fingerprint density at radius 2 is 1.72 bits per heavy atom. The number of carboxylic acids is 1. The van der Waals surface area contributed by atoms with Gasteiger partial charge in [-0.1, -0.05) is 0 Å². The van der Waals surface area contributed by atoms with Crippen molar-refractivity contribution in [1.29, 1.82) is 0 Å². The van der Waals surface area contributed by atoms with Gasteiger partial charge in [0.1, 0.15) is 5.69 Å². The van der Waals surface area contributed by atoms with Crippen molar-refractivity contribution in [2.45, 2.75) is 52.0 Å². The Morgan fingerprint density at radius 1 is 1.12 bits per heavy atom. The molecule has 1 aromatic rings. The first kappa shape index (κ1) is 18.2. The number of nitrogens with zero attached hydrogens (tertiary/aromatic N) is 3. The summed E-state index contributed by atoms with van der Waals surface area (Å²) in [5.74, 6) is 0.787. The first-order valence-electron chi connectivity index (χ1n) is 9.71. The number of aromatic carboxylic acids is 1. The quantitative estimate of drug-likeness (QED) is 0.885. The van der Waals surface area contributed by atoms with Gasteiger partial charge in [-0.25, -0.2) is 9.78 Å². The molecule has 0 bridgehead atoms. The summed E-state index contributed by atoms with van der Waals surface area (Å²) in [6.07, 6.45) is 8.29. The molecular weight excluding hydrogens is 314 g/mol. The van der Waals surface area contributed by atoms with Gasteiger partial charge in [0.15, 0.2) is 0 Å². The number of hydrogen-bond donors (Lipinski definition) is 1. The third-order valence-electron chi connectivity index (χ3n) is 5.99. The predicted molar refractivity (Wildman–Crippen MR) is 100 cm³/mol. The van der Waals surface area contributed by atoms with Crippen LogP contribution in [0, 0.1) is 11.8 Å². The summed E-state index contributed by atoms with van der Waals surface area (Å²) in [6, 6.07) is 4.18. The summed E-state index contributed by atoms with van der Waals surface area (Å²) in [5.41, 5.74) is 1.17. The van der Waals surface area contributed by atoms with Crippen molar-refractivity contribution in [3.8, 4) is 0 Å². The second-order valence-electron chi connectivity index (χ2n) is 7.95. The van der Waals surface area contributed by atoms with E-state index in [2.05, 4.69) is 28.6 Å². The molecular formula is C20H31N3O2. The normalized spacial score (nSPS) is 21.0. The molecule has 0 aromatic carbocycles. The van der Waals surface area contributed by atoms with Crippen LogP contribution in [0.5, 0.6) is 0 Å². The van der Waals surface area contributed by atoms with Gasteiger partial charge < -0.3 is 14.9 Å². The molecule has 2 aliphatic rings. The van der Waals surface area contributed by atoms with E-state index in [1.54, 1.807) is 12.3 Å². The number of hydrogen-bond acceptors (Lipinski definition) is 4. The van der Waals surface area contributed by atoms with Gasteiger partial charge in [-0.05, 0) is 83.0 Å². The molecule has 3 heterocycles. The Hall–Kier alpha value is -1.62. The number of aromatic nitrogens is 1. The zero-order valence-electron chi connectivity index (χ0n) is 15.5. The first-order chi connectivity index (χ1) is 12.0. The summed E-state index contributed by atoms with van der Waals surface area (Å²) in [5, 5.41) is 8.94. The van der Waals surface area contributed by atoms with Gasteiger partial charge in [-0.3, -0.25) is 0 Å². The molecule has 0 spiro atoms. The fraction of sp³-hybridized carbons (Fsp3) is 0.700. The number of anilines is 1. The van der Waals surface area contributed by atoms with E-state index < -0.39 is 5.97 Å². The summed E-state index contributed by atoms with van der Waals surface area (Å²) in [6.45, 7) is 9.25. The highest BCUT2D eigenvalue weighted by Crippen LogP contribution is 2.31. The topological polar surface area (TPSA) is 56.7 Å². The van der Waals surface area contributed by atoms with E-state index in [4.69, 9.17) is 5.11 Å². The van der Waals surface area contributed by atoms with Gasteiger partial charge in [-0.15, -0.1) is 0 Å². The average molecular weight is 345 g/mol. The lowest BCUT2D eigenvalue weighted by Gasteiger charge is -2.38. The van der Waals surface area contributed by atoms with E-state index in [9.17, 15) is 4.79 Å². The Morgan fingerprint density at radius 3 is 2.20 bits per heavy atom. The van der Waals surface area contributed by atoms with E-state index in [-0.39, 0.29) is 5.69 Å². The van der Waals surface area contributed by atoms with Crippen molar-refractivity contribution < 1.29 is 9.90 Å². The predicted octanol–water partition coefficient (Wildman–Crippen LogP) is 3.51. The second-order valence-corrected chi connectivity index (χ2v) is 7.95. The van der Waals surface area contributed by atoms with Crippen LogP contribution in [0.1, 0.15) is 56.4 Å². The van der Waals surface area contributed by atoms with E-state index >= 15 is 0 Å². The molecule has 5 nitrogen and oxygen atoms in total. The van der Waals surface area contributed by atoms with Crippen molar-refractivity contribution in [3.63, 3.8) is 0 Å². The summed E-state index contributed by atoms with van der Waals surface area (Å²) < 4.78 is 0. The van der Waals surface area contributed by atoms with Crippen LogP contribution in [0.15, 0.2) is 18.3 Å². The fourth-order valence-corrected chi connectivity index (χ4v) is 4.30. The molecule has 0 aliphatic carbocycles. The van der Waals surface area contributed by atoms with Crippen LogP contribution in [0.4, 0.5) is 5.69 Å². The Kier molecular flexibility index (Phi) is 5.94. The van der Waals surface area contributed by atoms with Crippen LogP contribution < -0.4 is 4.90 Å². The maximum absolute atomic E-state index is 10.9. The number of carbonyl (C=O) groups is 1. The Labute approximate surface area is 151 Å². The van der Waals surface area contributed by atoms with Crippen LogP contribution in [0.25, 0.3) is 0 Å². The van der Waals surface area contributed by atoms with Crippen molar-refractivity contribution >= 4 is 11.7 Å². The standard InChI is InChI=1S/C20H31N3O2/c1-15(2)22-9-5-16(6-10-22)13-17-7-11-23(12-8-17)18-3-4-19(20(24)25)21-14-18/h3-4,14-17H,5-13H2,1-2H3,(H,24,25). The Balaban J connectivity index is 1.44. The molecule has 138 valence electrons. The average Bonchev–Trinajstić information content (AvgIpc) is 2.63. The fourth-order valence-electron chi connectivity index (χ4n) is 4.30. The van der Waals surface area contributed by atoms with Crippen LogP contribution in [0.2, 0.25) is 0 Å². The molecule has 0 atom stereocenters. The van der Waals surface area contributed by atoms with Gasteiger partial charge in [0.2, 0.25) is 0 Å². The SMILES string of the molecule is CC(C)N1CCC(CC2CCN(c3ccc(C(=O)O)nc3)CC2)CC1. The van der Waals surface area contributed by atoms with E-state index in [0.717, 1.165) is 30.6 Å². The molecule has 3 rings (SSSR count). The molecule has 2 fully saturated rings. The van der Waals surface area contributed by atoms with Gasteiger partial charge in [0, 0.05) is 19.1 Å². The van der Waals surface area contributed by atoms with Crippen molar-refractivity contribution in [2.75, 3.05) is 31.1 Å². The molecule has 2 saturated heterocycles. The molecule has 1 aromatic heterocycles. The van der Waals surface area contributed by atoms with Crippen LogP contribution in [-0.4, -0.2) is 53.2 Å². The maximum Gasteiger partial charge on any atom is 0.354 e. The minimum absolute atomic E-state index is 0.117. The molecule has 0 saturated carbocycles. The monoisotopic (exact) mass is 345 g/mol. The van der Waals surface area contributed by atoms with Gasteiger partial charge in [0.05, 0.1) is 11.9 Å². The van der Waals surface area contributed by atoms with Crippen LogP contribution in [0.3, 0.4) is 0 Å². The van der Waals surface area contributed by atoms with E-state index in [0.29, 0.717) is 6.04 Å². The first-order valence-corrected chi connectivity index (χ1v) is 9.71. The summed E-state index contributed by atoms with van der Waals surface area (Å²) >= 11 is 0. The second kappa shape index (κ2) is 8.17. The third-order valence-corrected chi connectivity index (χ3v) is 5.99. The number of carboxylic acid groups (broad SMARTS) is 1. The molecule has 25 heavy (non-hydrogen) atoms. The molecule has 5 heteroatoms. The highest BCUT2D eigenvalue weighted by Gasteiger charge is 2.26. The smallest absolute Gasteiger partial charge is 0.354 e. The van der Waals surface area contributed by atoms with Crippen molar-refractivity contribution in [1.82, 2.24) is 9.88 Å². The number of rotatable bonds is 5. The third kappa shape index (κ3) is 4.72. The lowest BCUT2D eigenvalue weighted by molar-refractivity contribution is 0.0690. The minimum atomic E-state index is -0.964. The summed E-state index contributed by atoms with van der Waals surface area (Å²) in [4.78, 5) is 19.9. The lowest BCUT2D eigenvalue weighted by atomic mass is 9.82. The maximum atomic E-state index is 10.9. The molecule has 0 unspecified atom stereocenters. The Bertz CT molecular complexity index is 557. The number of likely N-dealkylation sites (tertiary alicyclic amines) is 1. The zero-order chi connectivity index (χ0) is 17.8. The van der Waals surface area contributed by atoms with Gasteiger partial charge in [0.25, 0.3) is 0 Å². The van der Waals surface area contributed by atoms with Crippen molar-refractivity contribution in [3.05, 3.63) is 24.0 Å².